The zero-order valence-electron chi connectivity index (χ0n) is 16.8. The molecule has 2 saturated heterocycles. The molecule has 31 heavy (non-hydrogen) atoms. The largest absolute Gasteiger partial charge is 0.431 e. The van der Waals surface area contributed by atoms with E-state index in [0.29, 0.717) is 62.3 Å². The van der Waals surface area contributed by atoms with Gasteiger partial charge in [-0.25, -0.2) is 14.4 Å². The van der Waals surface area contributed by atoms with Crippen molar-refractivity contribution in [3.8, 4) is 17.0 Å². The maximum absolute atomic E-state index is 14.0. The number of pyridine rings is 1. The van der Waals surface area contributed by atoms with Crippen molar-refractivity contribution in [2.24, 2.45) is 5.92 Å². The maximum atomic E-state index is 14.0. The van der Waals surface area contributed by atoms with Gasteiger partial charge in [0.2, 0.25) is 5.95 Å². The van der Waals surface area contributed by atoms with E-state index in [4.69, 9.17) is 15.5 Å². The highest BCUT2D eigenvalue weighted by molar-refractivity contribution is 5.68. The summed E-state index contributed by atoms with van der Waals surface area (Å²) in [4.78, 5) is 17.6. The Hall–Kier alpha value is -2.82. The van der Waals surface area contributed by atoms with Crippen molar-refractivity contribution in [2.75, 3.05) is 48.4 Å². The zero-order valence-corrected chi connectivity index (χ0v) is 16.8. The number of fused-ring (bicyclic) bond motifs is 2. The van der Waals surface area contributed by atoms with Gasteiger partial charge in [0.1, 0.15) is 12.0 Å². The van der Waals surface area contributed by atoms with Gasteiger partial charge in [-0.2, -0.15) is 13.8 Å². The van der Waals surface area contributed by atoms with Crippen LogP contribution in [0.15, 0.2) is 18.3 Å². The molecule has 8 nitrogen and oxygen atoms in total. The number of ether oxygens (including phenoxy) is 2. The number of alkyl halides is 3. The fraction of sp³-hybridized carbons (Fsp3) is 0.550. The van der Waals surface area contributed by atoms with Crippen molar-refractivity contribution in [2.45, 2.75) is 31.7 Å². The molecule has 1 aliphatic carbocycles. The molecule has 166 valence electrons. The minimum atomic E-state index is -3.02. The third-order valence-corrected chi connectivity index (χ3v) is 6.14. The van der Waals surface area contributed by atoms with Crippen molar-refractivity contribution in [1.29, 1.82) is 0 Å². The van der Waals surface area contributed by atoms with Gasteiger partial charge in [0.25, 0.3) is 0 Å². The van der Waals surface area contributed by atoms with Crippen LogP contribution in [-0.2, 0) is 4.74 Å². The number of nitrogens with two attached hydrogens (primary N) is 1. The molecule has 3 unspecified atom stereocenters. The second-order valence-electron chi connectivity index (χ2n) is 8.05. The molecular formula is C20H23F3N6O2. The van der Waals surface area contributed by atoms with Crippen LogP contribution in [0.1, 0.15) is 12.8 Å². The number of anilines is 3. The molecule has 5 rings (SSSR count). The highest BCUT2D eigenvalue weighted by atomic mass is 19.3. The Kier molecular flexibility index (Phi) is 5.20. The highest BCUT2D eigenvalue weighted by Gasteiger charge is 2.46. The predicted molar refractivity (Wildman–Crippen MR) is 108 cm³/mol. The normalized spacial score (nSPS) is 25.5. The quantitative estimate of drug-likeness (QED) is 0.765. The first-order chi connectivity index (χ1) is 15.0. The number of piperidine rings is 1. The van der Waals surface area contributed by atoms with Gasteiger partial charge in [0, 0.05) is 49.4 Å². The molecule has 11 heteroatoms. The minimum absolute atomic E-state index is 0.00618. The van der Waals surface area contributed by atoms with E-state index in [1.165, 1.54) is 12.3 Å². The van der Waals surface area contributed by atoms with Crippen LogP contribution in [0.4, 0.5) is 30.8 Å². The third kappa shape index (κ3) is 3.93. The number of hydrogen-bond acceptors (Lipinski definition) is 8. The lowest BCUT2D eigenvalue weighted by Crippen LogP contribution is -2.39. The van der Waals surface area contributed by atoms with Crippen LogP contribution in [0.25, 0.3) is 11.3 Å². The molecule has 0 spiro atoms. The Morgan fingerprint density at radius 3 is 2.65 bits per heavy atom. The average molecular weight is 436 g/mol. The SMILES string of the molecule is Nc1ncc(-c2cc(N3CCOCC3)nc(N3CC4CC3CC4F)n2)cc1OC(F)F. The van der Waals surface area contributed by atoms with Crippen LogP contribution in [0.2, 0.25) is 0 Å². The Morgan fingerprint density at radius 2 is 1.97 bits per heavy atom. The lowest BCUT2D eigenvalue weighted by Gasteiger charge is -2.32. The van der Waals surface area contributed by atoms with Gasteiger partial charge < -0.3 is 25.0 Å². The van der Waals surface area contributed by atoms with Gasteiger partial charge in [-0.15, -0.1) is 0 Å². The summed E-state index contributed by atoms with van der Waals surface area (Å²) in [5.41, 5.74) is 6.67. The van der Waals surface area contributed by atoms with Gasteiger partial charge in [0.05, 0.1) is 18.9 Å². The molecule has 2 aliphatic heterocycles. The summed E-state index contributed by atoms with van der Waals surface area (Å²) in [5.74, 6) is 0.870. The smallest absolute Gasteiger partial charge is 0.387 e. The van der Waals surface area contributed by atoms with Gasteiger partial charge in [-0.05, 0) is 18.9 Å². The van der Waals surface area contributed by atoms with Gasteiger partial charge in [-0.1, -0.05) is 0 Å². The van der Waals surface area contributed by atoms with Crippen LogP contribution in [-0.4, -0.2) is 66.6 Å². The van der Waals surface area contributed by atoms with E-state index < -0.39 is 12.8 Å². The van der Waals surface area contributed by atoms with Crippen LogP contribution in [0.3, 0.4) is 0 Å². The standard InChI is InChI=1S/C20H23F3N6O2/c21-14-7-13-5-12(14)10-29(13)20-26-15(8-17(27-20)28-1-3-30-4-2-28)11-6-16(31-19(22)23)18(24)25-9-11/h6,8-9,12-14,19H,1-5,7,10H2,(H2,24,25). The van der Waals surface area contributed by atoms with Crippen molar-refractivity contribution in [3.05, 3.63) is 18.3 Å². The minimum Gasteiger partial charge on any atom is -0.431 e. The lowest BCUT2D eigenvalue weighted by molar-refractivity contribution is -0.0494. The van der Waals surface area contributed by atoms with E-state index in [2.05, 4.69) is 24.5 Å². The van der Waals surface area contributed by atoms with E-state index >= 15 is 0 Å². The molecule has 2 bridgehead atoms. The van der Waals surface area contributed by atoms with Crippen molar-refractivity contribution in [3.63, 3.8) is 0 Å². The number of halogens is 3. The summed E-state index contributed by atoms with van der Waals surface area (Å²) >= 11 is 0. The molecule has 0 radical (unpaired) electrons. The maximum Gasteiger partial charge on any atom is 0.387 e. The van der Waals surface area contributed by atoms with E-state index in [9.17, 15) is 13.2 Å². The number of nitrogens with zero attached hydrogens (tertiary/aromatic N) is 5. The molecule has 3 atom stereocenters. The van der Waals surface area contributed by atoms with Crippen LogP contribution < -0.4 is 20.3 Å². The number of morpholine rings is 1. The fourth-order valence-electron chi connectivity index (χ4n) is 4.57. The van der Waals surface area contributed by atoms with E-state index in [1.54, 1.807) is 6.07 Å². The molecule has 2 aromatic rings. The fourth-order valence-corrected chi connectivity index (χ4v) is 4.57. The molecule has 0 amide bonds. The monoisotopic (exact) mass is 436 g/mol. The summed E-state index contributed by atoms with van der Waals surface area (Å²) in [6.07, 6.45) is 1.95. The second-order valence-corrected chi connectivity index (χ2v) is 8.05. The summed E-state index contributed by atoms with van der Waals surface area (Å²) in [6.45, 7) is 0.0724. The molecule has 2 aromatic heterocycles. The van der Waals surface area contributed by atoms with Crippen molar-refractivity contribution >= 4 is 17.6 Å². The number of hydrogen-bond donors (Lipinski definition) is 1. The first-order valence-corrected chi connectivity index (χ1v) is 10.3. The van der Waals surface area contributed by atoms with Crippen molar-refractivity contribution < 1.29 is 22.6 Å². The van der Waals surface area contributed by atoms with Crippen LogP contribution >= 0.6 is 0 Å². The van der Waals surface area contributed by atoms with E-state index in [-0.39, 0.29) is 23.5 Å². The van der Waals surface area contributed by atoms with Crippen LogP contribution in [0.5, 0.6) is 5.75 Å². The number of nitrogen functional groups attached to an aromatic ring is 1. The molecule has 1 saturated carbocycles. The van der Waals surface area contributed by atoms with Gasteiger partial charge in [-0.3, -0.25) is 0 Å². The van der Waals surface area contributed by atoms with E-state index in [0.717, 1.165) is 6.42 Å². The lowest BCUT2D eigenvalue weighted by atomic mass is 10.1. The van der Waals surface area contributed by atoms with E-state index in [1.807, 2.05) is 0 Å². The number of aromatic nitrogens is 3. The summed E-state index contributed by atoms with van der Waals surface area (Å²) in [6, 6.07) is 3.26. The summed E-state index contributed by atoms with van der Waals surface area (Å²) in [7, 11) is 0. The molecule has 3 aliphatic rings. The predicted octanol–water partition coefficient (Wildman–Crippen LogP) is 2.50. The Bertz CT molecular complexity index is 957. The van der Waals surface area contributed by atoms with Gasteiger partial charge >= 0.3 is 6.61 Å². The Morgan fingerprint density at radius 1 is 1.16 bits per heavy atom. The van der Waals surface area contributed by atoms with Crippen LogP contribution in [0, 0.1) is 5.92 Å². The zero-order chi connectivity index (χ0) is 21.5. The first kappa shape index (κ1) is 20.1. The second kappa shape index (κ2) is 8.03. The van der Waals surface area contributed by atoms with Crippen molar-refractivity contribution in [1.82, 2.24) is 15.0 Å². The summed E-state index contributed by atoms with van der Waals surface area (Å²) in [5, 5.41) is 0. The average Bonchev–Trinajstić information content (AvgIpc) is 3.35. The topological polar surface area (TPSA) is 89.6 Å². The molecular weight excluding hydrogens is 413 g/mol. The third-order valence-electron chi connectivity index (χ3n) is 6.14. The summed E-state index contributed by atoms with van der Waals surface area (Å²) < 4.78 is 49.4. The number of rotatable bonds is 5. The Labute approximate surface area is 177 Å². The molecule has 2 N–H and O–H groups in total. The molecule has 0 aromatic carbocycles. The Balaban J connectivity index is 1.53. The highest BCUT2D eigenvalue weighted by Crippen LogP contribution is 2.42. The molecule has 3 fully saturated rings. The first-order valence-electron chi connectivity index (χ1n) is 10.3. The molecule has 4 heterocycles. The van der Waals surface area contributed by atoms with Gasteiger partial charge in [0.15, 0.2) is 11.6 Å².